The summed E-state index contributed by atoms with van der Waals surface area (Å²) < 4.78 is 28.7. The molecule has 0 aliphatic heterocycles. The molecule has 0 radical (unpaired) electrons. The van der Waals surface area contributed by atoms with Crippen LogP contribution < -0.4 is 4.72 Å². The zero-order valence-corrected chi connectivity index (χ0v) is 15.5. The number of nitrogens with one attached hydrogen (secondary N) is 1. The Kier molecular flexibility index (Phi) is 4.56. The van der Waals surface area contributed by atoms with Crippen LogP contribution in [0.4, 0.5) is 5.69 Å². The molecule has 3 rings (SSSR count). The second-order valence-electron chi connectivity index (χ2n) is 7.05. The zero-order chi connectivity index (χ0) is 18.1. The highest BCUT2D eigenvalue weighted by Gasteiger charge is 2.30. The Morgan fingerprint density at radius 1 is 0.960 bits per heavy atom. The van der Waals surface area contributed by atoms with E-state index in [1.54, 1.807) is 12.1 Å². The number of allylic oxidation sites excluding steroid dienone is 2. The topological polar surface area (TPSA) is 46.2 Å². The van der Waals surface area contributed by atoms with Crippen LogP contribution >= 0.6 is 0 Å². The molecule has 0 saturated carbocycles. The molecule has 1 N–H and O–H groups in total. The predicted octanol–water partition coefficient (Wildman–Crippen LogP) is 5.01. The molecule has 2 aromatic carbocycles. The molecule has 1 aliphatic rings. The van der Waals surface area contributed by atoms with Gasteiger partial charge in [-0.05, 0) is 18.6 Å². The van der Waals surface area contributed by atoms with E-state index in [-0.39, 0.29) is 5.41 Å². The van der Waals surface area contributed by atoms with Crippen molar-refractivity contribution in [3.05, 3.63) is 78.4 Å². The van der Waals surface area contributed by atoms with Gasteiger partial charge in [0.15, 0.2) is 0 Å². The molecule has 25 heavy (non-hydrogen) atoms. The first-order valence-corrected chi connectivity index (χ1v) is 9.88. The highest BCUT2D eigenvalue weighted by atomic mass is 32.2. The summed E-state index contributed by atoms with van der Waals surface area (Å²) in [4.78, 5) is 0. The largest absolute Gasteiger partial charge is 0.282 e. The molecule has 0 bridgehead atoms. The lowest BCUT2D eigenvalue weighted by atomic mass is 9.86. The van der Waals surface area contributed by atoms with Crippen LogP contribution in [0.25, 0.3) is 11.1 Å². The lowest BCUT2D eigenvalue weighted by molar-refractivity contribution is 0.585. The summed E-state index contributed by atoms with van der Waals surface area (Å²) in [6, 6.07) is 17.3. The van der Waals surface area contributed by atoms with E-state index in [1.807, 2.05) is 67.6 Å². The minimum atomic E-state index is -3.57. The van der Waals surface area contributed by atoms with E-state index < -0.39 is 15.3 Å². The van der Waals surface area contributed by atoms with Crippen LogP contribution in [-0.2, 0) is 10.0 Å². The fourth-order valence-electron chi connectivity index (χ4n) is 3.21. The number of rotatable bonds is 4. The first-order valence-electron chi connectivity index (χ1n) is 8.33. The molecular weight excluding hydrogens is 330 g/mol. The number of benzene rings is 2. The third-order valence-electron chi connectivity index (χ3n) is 4.35. The third kappa shape index (κ3) is 3.85. The summed E-state index contributed by atoms with van der Waals surface area (Å²) in [5.74, 6) is 0. The number of para-hydroxylation sites is 1. The molecule has 0 heterocycles. The van der Waals surface area contributed by atoms with Crippen LogP contribution in [0.15, 0.2) is 78.4 Å². The van der Waals surface area contributed by atoms with Gasteiger partial charge >= 0.3 is 0 Å². The Bertz CT molecular complexity index is 925. The van der Waals surface area contributed by atoms with Crippen LogP contribution in [0, 0.1) is 5.41 Å². The third-order valence-corrected chi connectivity index (χ3v) is 6.05. The van der Waals surface area contributed by atoms with Gasteiger partial charge in [-0.1, -0.05) is 86.2 Å². The molecule has 1 atom stereocenters. The Balaban J connectivity index is 1.95. The Morgan fingerprint density at radius 2 is 1.60 bits per heavy atom. The van der Waals surface area contributed by atoms with Gasteiger partial charge in [0.25, 0.3) is 0 Å². The SMILES string of the molecule is CC1=CC(C)(C)C=CC1S(=O)(=O)Nc1ccccc1-c1ccccc1. The number of sulfonamides is 1. The molecule has 1 unspecified atom stereocenters. The normalized spacial score (nSPS) is 19.3. The first kappa shape index (κ1) is 17.5. The van der Waals surface area contributed by atoms with Gasteiger partial charge in [-0.2, -0.15) is 0 Å². The highest BCUT2D eigenvalue weighted by Crippen LogP contribution is 2.33. The van der Waals surface area contributed by atoms with Gasteiger partial charge in [0.05, 0.1) is 5.69 Å². The van der Waals surface area contributed by atoms with Crippen LogP contribution in [0.3, 0.4) is 0 Å². The van der Waals surface area contributed by atoms with Crippen molar-refractivity contribution in [2.45, 2.75) is 26.0 Å². The molecule has 1 aliphatic carbocycles. The van der Waals surface area contributed by atoms with Crippen molar-refractivity contribution in [1.82, 2.24) is 0 Å². The molecule has 0 spiro atoms. The average molecular weight is 353 g/mol. The minimum Gasteiger partial charge on any atom is -0.282 e. The maximum absolute atomic E-state index is 13.0. The van der Waals surface area contributed by atoms with Crippen molar-refractivity contribution in [2.75, 3.05) is 4.72 Å². The van der Waals surface area contributed by atoms with Crippen molar-refractivity contribution in [1.29, 1.82) is 0 Å². The van der Waals surface area contributed by atoms with Crippen molar-refractivity contribution < 1.29 is 8.42 Å². The van der Waals surface area contributed by atoms with Crippen LogP contribution in [-0.4, -0.2) is 13.7 Å². The fraction of sp³-hybridized carbons (Fsp3) is 0.238. The van der Waals surface area contributed by atoms with Gasteiger partial charge in [-0.25, -0.2) is 8.42 Å². The maximum atomic E-state index is 13.0. The van der Waals surface area contributed by atoms with Gasteiger partial charge in [0.1, 0.15) is 5.25 Å². The molecule has 3 nitrogen and oxygen atoms in total. The van der Waals surface area contributed by atoms with Gasteiger partial charge < -0.3 is 0 Å². The van der Waals surface area contributed by atoms with Crippen molar-refractivity contribution in [3.63, 3.8) is 0 Å². The van der Waals surface area contributed by atoms with Crippen LogP contribution in [0.5, 0.6) is 0 Å². The Morgan fingerprint density at radius 3 is 2.28 bits per heavy atom. The number of anilines is 1. The molecule has 0 amide bonds. The van der Waals surface area contributed by atoms with E-state index in [9.17, 15) is 8.42 Å². The molecule has 4 heteroatoms. The van der Waals surface area contributed by atoms with Gasteiger partial charge in [-0.3, -0.25) is 4.72 Å². The van der Waals surface area contributed by atoms with Gasteiger partial charge in [0, 0.05) is 11.0 Å². The van der Waals surface area contributed by atoms with E-state index in [0.717, 1.165) is 16.7 Å². The van der Waals surface area contributed by atoms with Crippen molar-refractivity contribution in [2.24, 2.45) is 5.41 Å². The van der Waals surface area contributed by atoms with E-state index in [1.165, 1.54) is 0 Å². The van der Waals surface area contributed by atoms with Crippen molar-refractivity contribution in [3.8, 4) is 11.1 Å². The lowest BCUT2D eigenvalue weighted by Crippen LogP contribution is -2.30. The van der Waals surface area contributed by atoms with Gasteiger partial charge in [0.2, 0.25) is 10.0 Å². The Labute approximate surface area is 150 Å². The standard InChI is InChI=1S/C21H23NO2S/c1-16-15-21(2,3)14-13-20(16)25(23,24)22-19-12-8-7-11-18(19)17-9-5-4-6-10-17/h4-15,20,22H,1-3H3. The zero-order valence-electron chi connectivity index (χ0n) is 14.7. The van der Waals surface area contributed by atoms with E-state index in [2.05, 4.69) is 18.6 Å². The monoisotopic (exact) mass is 353 g/mol. The number of hydrogen-bond donors (Lipinski definition) is 1. The van der Waals surface area contributed by atoms with E-state index >= 15 is 0 Å². The molecule has 0 aromatic heterocycles. The summed E-state index contributed by atoms with van der Waals surface area (Å²) in [6.07, 6.45) is 5.75. The quantitative estimate of drug-likeness (QED) is 0.786. The lowest BCUT2D eigenvalue weighted by Gasteiger charge is -2.27. The van der Waals surface area contributed by atoms with Crippen LogP contribution in [0.1, 0.15) is 20.8 Å². The summed E-state index contributed by atoms with van der Waals surface area (Å²) in [7, 11) is -3.57. The molecule has 2 aromatic rings. The maximum Gasteiger partial charge on any atom is 0.243 e. The molecular formula is C21H23NO2S. The first-order chi connectivity index (χ1) is 11.8. The smallest absolute Gasteiger partial charge is 0.243 e. The molecule has 0 fully saturated rings. The molecule has 130 valence electrons. The van der Waals surface area contributed by atoms with E-state index in [4.69, 9.17) is 0 Å². The average Bonchev–Trinajstić information content (AvgIpc) is 2.54. The van der Waals surface area contributed by atoms with Crippen molar-refractivity contribution >= 4 is 15.7 Å². The second kappa shape index (κ2) is 6.52. The second-order valence-corrected chi connectivity index (χ2v) is 8.85. The summed E-state index contributed by atoms with van der Waals surface area (Å²) in [5, 5.41) is -0.649. The summed E-state index contributed by atoms with van der Waals surface area (Å²) in [5.41, 5.74) is 3.18. The van der Waals surface area contributed by atoms with Crippen LogP contribution in [0.2, 0.25) is 0 Å². The molecule has 0 saturated heterocycles. The number of hydrogen-bond acceptors (Lipinski definition) is 2. The Hall–Kier alpha value is -2.33. The highest BCUT2D eigenvalue weighted by molar-refractivity contribution is 7.93. The van der Waals surface area contributed by atoms with E-state index in [0.29, 0.717) is 5.69 Å². The predicted molar refractivity (Wildman–Crippen MR) is 105 cm³/mol. The summed E-state index contributed by atoms with van der Waals surface area (Å²) in [6.45, 7) is 6.00. The summed E-state index contributed by atoms with van der Waals surface area (Å²) >= 11 is 0. The van der Waals surface area contributed by atoms with Gasteiger partial charge in [-0.15, -0.1) is 0 Å². The minimum absolute atomic E-state index is 0.113. The fourth-order valence-corrected chi connectivity index (χ4v) is 4.67.